The van der Waals surface area contributed by atoms with E-state index < -0.39 is 0 Å². The highest BCUT2D eigenvalue weighted by atomic mass is 16.5. The van der Waals surface area contributed by atoms with Crippen molar-refractivity contribution in [1.82, 2.24) is 5.32 Å². The zero-order valence-corrected chi connectivity index (χ0v) is 9.32. The molecule has 0 aromatic carbocycles. The average Bonchev–Trinajstić information content (AvgIpc) is 2.35. The van der Waals surface area contributed by atoms with Gasteiger partial charge in [-0.1, -0.05) is 5.16 Å². The number of amidine groups is 1. The fourth-order valence-electron chi connectivity index (χ4n) is 1.59. The molecule has 1 aliphatic rings. The van der Waals surface area contributed by atoms with Crippen LogP contribution in [0.2, 0.25) is 0 Å². The number of ether oxygens (including phenoxy) is 1. The van der Waals surface area contributed by atoms with Crippen LogP contribution in [-0.2, 0) is 9.53 Å². The van der Waals surface area contributed by atoms with Gasteiger partial charge in [0.25, 0.3) is 0 Å². The van der Waals surface area contributed by atoms with Gasteiger partial charge in [0, 0.05) is 19.6 Å². The van der Waals surface area contributed by atoms with Crippen LogP contribution in [0.5, 0.6) is 0 Å². The van der Waals surface area contributed by atoms with Gasteiger partial charge in [-0.2, -0.15) is 0 Å². The number of oxime groups is 1. The molecule has 4 N–H and O–H groups in total. The van der Waals surface area contributed by atoms with E-state index in [0.29, 0.717) is 26.0 Å². The fourth-order valence-corrected chi connectivity index (χ4v) is 1.59. The zero-order chi connectivity index (χ0) is 11.8. The summed E-state index contributed by atoms with van der Waals surface area (Å²) in [5.41, 5.74) is 5.30. The summed E-state index contributed by atoms with van der Waals surface area (Å²) in [5.74, 6) is 0.127. The number of nitrogens with one attached hydrogen (secondary N) is 1. The summed E-state index contributed by atoms with van der Waals surface area (Å²) >= 11 is 0. The molecule has 16 heavy (non-hydrogen) atoms. The number of nitrogens with two attached hydrogens (primary N) is 1. The number of hydrogen-bond acceptors (Lipinski definition) is 4. The molecule has 0 aliphatic carbocycles. The molecule has 0 bridgehead atoms. The first-order chi connectivity index (χ1) is 7.74. The number of nitrogens with zero attached hydrogens (tertiary/aromatic N) is 1. The van der Waals surface area contributed by atoms with E-state index in [-0.39, 0.29) is 17.8 Å². The van der Waals surface area contributed by atoms with E-state index in [4.69, 9.17) is 15.7 Å². The number of amides is 1. The second-order valence-corrected chi connectivity index (χ2v) is 3.84. The lowest BCUT2D eigenvalue weighted by Crippen LogP contribution is -2.38. The van der Waals surface area contributed by atoms with E-state index >= 15 is 0 Å². The Morgan fingerprint density at radius 2 is 2.38 bits per heavy atom. The van der Waals surface area contributed by atoms with Crippen LogP contribution in [0.3, 0.4) is 0 Å². The van der Waals surface area contributed by atoms with Crippen LogP contribution in [0.4, 0.5) is 0 Å². The van der Waals surface area contributed by atoms with Gasteiger partial charge in [-0.05, 0) is 25.7 Å². The molecule has 1 aliphatic heterocycles. The van der Waals surface area contributed by atoms with Crippen LogP contribution in [0, 0.1) is 0 Å². The van der Waals surface area contributed by atoms with Gasteiger partial charge in [-0.3, -0.25) is 4.79 Å². The quantitative estimate of drug-likeness (QED) is 0.206. The van der Waals surface area contributed by atoms with E-state index in [9.17, 15) is 4.79 Å². The molecule has 6 heteroatoms. The second-order valence-electron chi connectivity index (χ2n) is 3.84. The lowest BCUT2D eigenvalue weighted by Gasteiger charge is -2.21. The highest BCUT2D eigenvalue weighted by molar-refractivity contribution is 5.81. The highest BCUT2D eigenvalue weighted by Crippen LogP contribution is 2.12. The second kappa shape index (κ2) is 7.05. The van der Waals surface area contributed by atoms with E-state index in [1.165, 1.54) is 0 Å². The molecule has 1 rings (SSSR count). The number of hydrogen-bond donors (Lipinski definition) is 3. The molecule has 1 heterocycles. The molecule has 1 unspecified atom stereocenters. The van der Waals surface area contributed by atoms with Crippen LogP contribution in [-0.4, -0.2) is 36.2 Å². The van der Waals surface area contributed by atoms with Crippen LogP contribution in [0.15, 0.2) is 5.16 Å². The Morgan fingerprint density at radius 3 is 3.00 bits per heavy atom. The predicted molar refractivity (Wildman–Crippen MR) is 59.2 cm³/mol. The number of carbonyl (C=O) groups is 1. The highest BCUT2D eigenvalue weighted by Gasteiger charge is 2.20. The molecule has 1 fully saturated rings. The summed E-state index contributed by atoms with van der Waals surface area (Å²) in [5, 5.41) is 13.9. The van der Waals surface area contributed by atoms with Crippen molar-refractivity contribution in [1.29, 1.82) is 0 Å². The molecule has 0 aromatic rings. The maximum absolute atomic E-state index is 11.6. The van der Waals surface area contributed by atoms with Crippen molar-refractivity contribution in [2.24, 2.45) is 10.9 Å². The lowest BCUT2D eigenvalue weighted by molar-refractivity contribution is -0.135. The van der Waals surface area contributed by atoms with E-state index in [1.54, 1.807) is 0 Å². The maximum atomic E-state index is 11.6. The Labute approximate surface area is 94.8 Å². The zero-order valence-electron chi connectivity index (χ0n) is 9.32. The minimum absolute atomic E-state index is 0.0563. The third-order valence-electron chi connectivity index (χ3n) is 2.51. The molecule has 0 saturated carbocycles. The summed E-state index contributed by atoms with van der Waals surface area (Å²) in [6.45, 7) is 1.19. The fraction of sp³-hybridized carbons (Fsp3) is 0.800. The van der Waals surface area contributed by atoms with Crippen molar-refractivity contribution in [3.63, 3.8) is 0 Å². The number of carbonyl (C=O) groups excluding carboxylic acids is 1. The van der Waals surface area contributed by atoms with Crippen molar-refractivity contribution < 1.29 is 14.7 Å². The molecule has 0 spiro atoms. The number of rotatable bonds is 5. The Balaban J connectivity index is 2.10. The Morgan fingerprint density at radius 1 is 1.56 bits per heavy atom. The molecule has 92 valence electrons. The Kier molecular flexibility index (Phi) is 5.63. The van der Waals surface area contributed by atoms with Crippen molar-refractivity contribution in [3.8, 4) is 0 Å². The predicted octanol–water partition coefficient (Wildman–Crippen LogP) is 0.198. The molecule has 0 radical (unpaired) electrons. The molecule has 0 aromatic heterocycles. The maximum Gasteiger partial charge on any atom is 0.249 e. The van der Waals surface area contributed by atoms with Gasteiger partial charge in [0.2, 0.25) is 5.91 Å². The smallest absolute Gasteiger partial charge is 0.249 e. The topological polar surface area (TPSA) is 96.9 Å². The Bertz CT molecular complexity index is 250. The summed E-state index contributed by atoms with van der Waals surface area (Å²) in [7, 11) is 0. The van der Waals surface area contributed by atoms with Gasteiger partial charge in [-0.15, -0.1) is 0 Å². The van der Waals surface area contributed by atoms with E-state index in [2.05, 4.69) is 10.5 Å². The van der Waals surface area contributed by atoms with Crippen molar-refractivity contribution in [3.05, 3.63) is 0 Å². The average molecular weight is 229 g/mol. The Hall–Kier alpha value is -1.30. The molecule has 6 nitrogen and oxygen atoms in total. The summed E-state index contributed by atoms with van der Waals surface area (Å²) in [6.07, 6.45) is 3.72. The monoisotopic (exact) mass is 229 g/mol. The molecular weight excluding hydrogens is 210 g/mol. The first-order valence-electron chi connectivity index (χ1n) is 5.59. The third-order valence-corrected chi connectivity index (χ3v) is 2.51. The van der Waals surface area contributed by atoms with Crippen LogP contribution in [0.25, 0.3) is 0 Å². The summed E-state index contributed by atoms with van der Waals surface area (Å²) in [6, 6.07) is 0. The van der Waals surface area contributed by atoms with Crippen LogP contribution in [0.1, 0.15) is 32.1 Å². The van der Waals surface area contributed by atoms with Gasteiger partial charge >= 0.3 is 0 Å². The standard InChI is InChI=1S/C10H19N3O3/c11-9(13-15)5-3-6-12-10(14)8-4-1-2-7-16-8/h8,15H,1-7H2,(H2,11,13)(H,12,14). The van der Waals surface area contributed by atoms with Crippen molar-refractivity contribution in [2.45, 2.75) is 38.2 Å². The first-order valence-corrected chi connectivity index (χ1v) is 5.59. The van der Waals surface area contributed by atoms with Gasteiger partial charge in [0.15, 0.2) is 0 Å². The first kappa shape index (κ1) is 12.8. The largest absolute Gasteiger partial charge is 0.409 e. The molecular formula is C10H19N3O3. The van der Waals surface area contributed by atoms with Gasteiger partial charge in [0.05, 0.1) is 0 Å². The van der Waals surface area contributed by atoms with E-state index in [0.717, 1.165) is 19.3 Å². The summed E-state index contributed by atoms with van der Waals surface area (Å²) in [4.78, 5) is 11.6. The van der Waals surface area contributed by atoms with Crippen molar-refractivity contribution >= 4 is 11.7 Å². The van der Waals surface area contributed by atoms with E-state index in [1.807, 2.05) is 0 Å². The molecule has 1 saturated heterocycles. The van der Waals surface area contributed by atoms with Gasteiger partial charge in [-0.25, -0.2) is 0 Å². The molecule has 1 atom stereocenters. The summed E-state index contributed by atoms with van der Waals surface area (Å²) < 4.78 is 5.34. The van der Waals surface area contributed by atoms with Gasteiger partial charge in [0.1, 0.15) is 11.9 Å². The van der Waals surface area contributed by atoms with Gasteiger partial charge < -0.3 is 21.0 Å². The lowest BCUT2D eigenvalue weighted by atomic mass is 10.1. The molecule has 1 amide bonds. The van der Waals surface area contributed by atoms with Crippen LogP contribution >= 0.6 is 0 Å². The minimum Gasteiger partial charge on any atom is -0.409 e. The SMILES string of the molecule is NC(CCCNC(=O)C1CCCCO1)=NO. The normalized spacial score (nSPS) is 21.8. The third kappa shape index (κ3) is 4.48. The van der Waals surface area contributed by atoms with Crippen LogP contribution < -0.4 is 11.1 Å². The minimum atomic E-state index is -0.294. The van der Waals surface area contributed by atoms with Crippen molar-refractivity contribution in [2.75, 3.05) is 13.2 Å².